The average Bonchev–Trinajstić information content (AvgIpc) is 2.57. The molecule has 0 N–H and O–H groups in total. The number of aryl methyl sites for hydroxylation is 2. The van der Waals surface area contributed by atoms with E-state index in [1.807, 2.05) is 19.2 Å². The highest BCUT2D eigenvalue weighted by Gasteiger charge is 2.10. The molecule has 0 fully saturated rings. The molecule has 0 bridgehead atoms. The van der Waals surface area contributed by atoms with Gasteiger partial charge in [0.05, 0.1) is 12.8 Å². The highest BCUT2D eigenvalue weighted by Crippen LogP contribution is 2.33. The molecule has 0 saturated heterocycles. The molecule has 84 valence electrons. The van der Waals surface area contributed by atoms with Gasteiger partial charge in [-0.3, -0.25) is 0 Å². The fourth-order valence-electron chi connectivity index (χ4n) is 1.88. The van der Waals surface area contributed by atoms with Crippen LogP contribution in [0.3, 0.4) is 0 Å². The summed E-state index contributed by atoms with van der Waals surface area (Å²) in [5, 5.41) is 0. The maximum Gasteiger partial charge on any atom is 0.128 e. The smallest absolute Gasteiger partial charge is 0.128 e. The van der Waals surface area contributed by atoms with Crippen molar-refractivity contribution in [3.8, 4) is 17.0 Å². The van der Waals surface area contributed by atoms with Gasteiger partial charge in [-0.15, -0.1) is 0 Å². The monoisotopic (exact) mass is 279 g/mol. The zero-order chi connectivity index (χ0) is 11.7. The van der Waals surface area contributed by atoms with Crippen LogP contribution in [0.5, 0.6) is 5.75 Å². The van der Waals surface area contributed by atoms with Crippen LogP contribution in [0.15, 0.2) is 34.9 Å². The van der Waals surface area contributed by atoms with E-state index in [-0.39, 0.29) is 0 Å². The first kappa shape index (κ1) is 11.3. The van der Waals surface area contributed by atoms with Gasteiger partial charge in [-0.05, 0) is 36.8 Å². The molecule has 3 heteroatoms. The highest BCUT2D eigenvalue weighted by atomic mass is 79.9. The van der Waals surface area contributed by atoms with E-state index in [1.165, 1.54) is 5.56 Å². The second-order valence-corrected chi connectivity index (χ2v) is 4.77. The molecule has 1 aromatic heterocycles. The number of hydrogen-bond acceptors (Lipinski definition) is 1. The van der Waals surface area contributed by atoms with Gasteiger partial charge in [0.1, 0.15) is 5.75 Å². The number of methoxy groups -OCH3 is 1. The van der Waals surface area contributed by atoms with Crippen LogP contribution in [-0.2, 0) is 7.05 Å². The van der Waals surface area contributed by atoms with Crippen molar-refractivity contribution < 1.29 is 4.74 Å². The van der Waals surface area contributed by atoms with Gasteiger partial charge in [-0.1, -0.05) is 15.9 Å². The lowest BCUT2D eigenvalue weighted by atomic mass is 10.1. The van der Waals surface area contributed by atoms with Gasteiger partial charge in [0.25, 0.3) is 0 Å². The van der Waals surface area contributed by atoms with Gasteiger partial charge in [0.2, 0.25) is 0 Å². The second-order valence-electron chi connectivity index (χ2n) is 3.86. The molecule has 0 aliphatic heterocycles. The Morgan fingerprint density at radius 2 is 2.00 bits per heavy atom. The predicted octanol–water partition coefficient (Wildman–Crippen LogP) is 3.77. The van der Waals surface area contributed by atoms with E-state index in [4.69, 9.17) is 4.74 Å². The van der Waals surface area contributed by atoms with Gasteiger partial charge in [-0.2, -0.15) is 0 Å². The van der Waals surface area contributed by atoms with Crippen LogP contribution in [-0.4, -0.2) is 11.7 Å². The minimum absolute atomic E-state index is 0.893. The summed E-state index contributed by atoms with van der Waals surface area (Å²) < 4.78 is 8.55. The van der Waals surface area contributed by atoms with Gasteiger partial charge in [-0.25, -0.2) is 0 Å². The van der Waals surface area contributed by atoms with Crippen molar-refractivity contribution in [3.05, 3.63) is 40.5 Å². The van der Waals surface area contributed by atoms with E-state index in [2.05, 4.69) is 45.8 Å². The topological polar surface area (TPSA) is 14.2 Å². The van der Waals surface area contributed by atoms with E-state index >= 15 is 0 Å². The Kier molecular flexibility index (Phi) is 3.06. The van der Waals surface area contributed by atoms with Crippen molar-refractivity contribution in [3.63, 3.8) is 0 Å². The summed E-state index contributed by atoms with van der Waals surface area (Å²) in [4.78, 5) is 0. The molecule has 0 radical (unpaired) electrons. The summed E-state index contributed by atoms with van der Waals surface area (Å²) in [7, 11) is 3.74. The van der Waals surface area contributed by atoms with Gasteiger partial charge in [0, 0.05) is 23.3 Å². The van der Waals surface area contributed by atoms with Crippen LogP contribution in [0, 0.1) is 6.92 Å². The van der Waals surface area contributed by atoms with Crippen molar-refractivity contribution in [2.75, 3.05) is 7.11 Å². The minimum atomic E-state index is 0.893. The molecule has 0 spiro atoms. The third-order valence-electron chi connectivity index (χ3n) is 2.58. The molecule has 1 heterocycles. The van der Waals surface area contributed by atoms with Crippen LogP contribution in [0.2, 0.25) is 0 Å². The average molecular weight is 280 g/mol. The highest BCUT2D eigenvalue weighted by molar-refractivity contribution is 9.10. The molecule has 2 rings (SSSR count). The Morgan fingerprint density at radius 3 is 2.56 bits per heavy atom. The van der Waals surface area contributed by atoms with Crippen molar-refractivity contribution >= 4 is 15.9 Å². The summed E-state index contributed by atoms with van der Waals surface area (Å²) in [6.45, 7) is 2.09. The molecule has 16 heavy (non-hydrogen) atoms. The fraction of sp³-hybridized carbons (Fsp3) is 0.231. The van der Waals surface area contributed by atoms with E-state index in [0.29, 0.717) is 0 Å². The largest absolute Gasteiger partial charge is 0.496 e. The van der Waals surface area contributed by atoms with E-state index in [1.54, 1.807) is 7.11 Å². The first-order chi connectivity index (χ1) is 7.61. The molecule has 0 unspecified atom stereocenters. The zero-order valence-electron chi connectivity index (χ0n) is 9.62. The number of ether oxygens (including phenoxy) is 1. The number of aromatic nitrogens is 1. The standard InChI is InChI=1S/C13H14BrNO/c1-9-6-12(15(2)8-9)11-7-10(14)4-5-13(11)16-3/h4-8H,1-3H3. The Hall–Kier alpha value is -1.22. The second kappa shape index (κ2) is 4.34. The summed E-state index contributed by atoms with van der Waals surface area (Å²) in [5.74, 6) is 0.893. The lowest BCUT2D eigenvalue weighted by Crippen LogP contribution is -1.93. The van der Waals surface area contributed by atoms with E-state index in [0.717, 1.165) is 21.5 Å². The first-order valence-electron chi connectivity index (χ1n) is 5.08. The quantitative estimate of drug-likeness (QED) is 0.816. The van der Waals surface area contributed by atoms with E-state index < -0.39 is 0 Å². The van der Waals surface area contributed by atoms with Crippen LogP contribution >= 0.6 is 15.9 Å². The summed E-state index contributed by atoms with van der Waals surface area (Å²) >= 11 is 3.49. The molecule has 2 nitrogen and oxygen atoms in total. The van der Waals surface area contributed by atoms with Crippen LogP contribution in [0.4, 0.5) is 0 Å². The van der Waals surface area contributed by atoms with Crippen molar-refractivity contribution in [1.82, 2.24) is 4.57 Å². The third-order valence-corrected chi connectivity index (χ3v) is 3.07. The Balaban J connectivity index is 2.62. The summed E-state index contributed by atoms with van der Waals surface area (Å²) in [5.41, 5.74) is 3.52. The molecule has 0 atom stereocenters. The van der Waals surface area contributed by atoms with Crippen LogP contribution in [0.25, 0.3) is 11.3 Å². The molecule has 0 saturated carbocycles. The summed E-state index contributed by atoms with van der Waals surface area (Å²) in [6.07, 6.45) is 2.11. The number of hydrogen-bond donors (Lipinski definition) is 0. The maximum absolute atomic E-state index is 5.38. The van der Waals surface area contributed by atoms with Crippen molar-refractivity contribution in [2.24, 2.45) is 7.05 Å². The molecule has 0 amide bonds. The van der Waals surface area contributed by atoms with Crippen molar-refractivity contribution in [2.45, 2.75) is 6.92 Å². The zero-order valence-corrected chi connectivity index (χ0v) is 11.2. The van der Waals surface area contributed by atoms with Gasteiger partial charge < -0.3 is 9.30 Å². The minimum Gasteiger partial charge on any atom is -0.496 e. The lowest BCUT2D eigenvalue weighted by Gasteiger charge is -2.09. The molecule has 0 aliphatic rings. The number of nitrogens with zero attached hydrogens (tertiary/aromatic N) is 1. The fourth-order valence-corrected chi connectivity index (χ4v) is 2.24. The van der Waals surface area contributed by atoms with Crippen LogP contribution in [0.1, 0.15) is 5.56 Å². The van der Waals surface area contributed by atoms with Crippen LogP contribution < -0.4 is 4.74 Å². The molecular weight excluding hydrogens is 266 g/mol. The Labute approximate surface area is 104 Å². The number of halogens is 1. The van der Waals surface area contributed by atoms with E-state index in [9.17, 15) is 0 Å². The number of rotatable bonds is 2. The predicted molar refractivity (Wildman–Crippen MR) is 69.8 cm³/mol. The maximum atomic E-state index is 5.38. The lowest BCUT2D eigenvalue weighted by molar-refractivity contribution is 0.416. The molecule has 2 aromatic rings. The molecular formula is C13H14BrNO. The van der Waals surface area contributed by atoms with Gasteiger partial charge >= 0.3 is 0 Å². The van der Waals surface area contributed by atoms with Crippen molar-refractivity contribution in [1.29, 1.82) is 0 Å². The first-order valence-corrected chi connectivity index (χ1v) is 5.88. The number of benzene rings is 1. The molecule has 1 aromatic carbocycles. The normalized spacial score (nSPS) is 10.5. The Bertz CT molecular complexity index is 517. The SMILES string of the molecule is COc1ccc(Br)cc1-c1cc(C)cn1C. The third kappa shape index (κ3) is 2.00. The molecule has 0 aliphatic carbocycles. The summed E-state index contributed by atoms with van der Waals surface area (Å²) in [6, 6.07) is 8.19. The van der Waals surface area contributed by atoms with Gasteiger partial charge in [0.15, 0.2) is 0 Å². The Morgan fingerprint density at radius 1 is 1.25 bits per heavy atom.